The van der Waals surface area contributed by atoms with Crippen LogP contribution in [0.1, 0.15) is 37.3 Å². The van der Waals surface area contributed by atoms with Gasteiger partial charge in [0.15, 0.2) is 0 Å². The summed E-state index contributed by atoms with van der Waals surface area (Å²) in [5, 5.41) is 3.48. The maximum Gasteiger partial charge on any atom is 0.0414 e. The predicted octanol–water partition coefficient (Wildman–Crippen LogP) is 3.03. The largest absolute Gasteiger partial charge is 0.370 e. The van der Waals surface area contributed by atoms with Crippen molar-refractivity contribution in [3.63, 3.8) is 0 Å². The molecule has 0 bridgehead atoms. The molecule has 0 spiro atoms. The van der Waals surface area contributed by atoms with Crippen LogP contribution in [0.4, 0.5) is 5.69 Å². The molecule has 21 heavy (non-hydrogen) atoms. The zero-order valence-electron chi connectivity index (χ0n) is 14.2. The molecular formula is C18H31N3. The Hall–Kier alpha value is -1.06. The maximum atomic E-state index is 3.48. The van der Waals surface area contributed by atoms with E-state index in [9.17, 15) is 0 Å². The Balaban J connectivity index is 2.02. The van der Waals surface area contributed by atoms with Crippen molar-refractivity contribution in [2.75, 3.05) is 38.6 Å². The molecule has 1 atom stereocenters. The number of nitrogens with zero attached hydrogens (tertiary/aromatic N) is 2. The van der Waals surface area contributed by atoms with Crippen LogP contribution in [0, 0.1) is 6.92 Å². The van der Waals surface area contributed by atoms with Crippen LogP contribution in [0.15, 0.2) is 18.2 Å². The topological polar surface area (TPSA) is 18.5 Å². The summed E-state index contributed by atoms with van der Waals surface area (Å²) in [6.07, 6.45) is 3.80. The minimum atomic E-state index is 0.645. The molecule has 1 aromatic carbocycles. The average molecular weight is 289 g/mol. The second-order valence-corrected chi connectivity index (χ2v) is 6.47. The standard InChI is InChI=1S/C18H31N3/c1-5-10-19-13-16-8-9-18(15(2)12-16)21(4)17-7-6-11-20(3)14-17/h8-9,12,17,19H,5-7,10-11,13-14H2,1-4H3. The Morgan fingerprint density at radius 1 is 1.38 bits per heavy atom. The van der Waals surface area contributed by atoms with Crippen molar-refractivity contribution in [3.8, 4) is 0 Å². The fourth-order valence-electron chi connectivity index (χ4n) is 3.28. The summed E-state index contributed by atoms with van der Waals surface area (Å²) in [6, 6.07) is 7.55. The van der Waals surface area contributed by atoms with E-state index in [-0.39, 0.29) is 0 Å². The summed E-state index contributed by atoms with van der Waals surface area (Å²) in [7, 11) is 4.48. The second-order valence-electron chi connectivity index (χ2n) is 6.47. The molecule has 0 amide bonds. The number of aryl methyl sites for hydroxylation is 1. The summed E-state index contributed by atoms with van der Waals surface area (Å²) < 4.78 is 0. The van der Waals surface area contributed by atoms with E-state index in [1.807, 2.05) is 0 Å². The van der Waals surface area contributed by atoms with Crippen molar-refractivity contribution in [1.82, 2.24) is 10.2 Å². The minimum Gasteiger partial charge on any atom is -0.370 e. The first-order valence-corrected chi connectivity index (χ1v) is 8.33. The Bertz CT molecular complexity index is 444. The van der Waals surface area contributed by atoms with Gasteiger partial charge in [-0.15, -0.1) is 0 Å². The van der Waals surface area contributed by atoms with Gasteiger partial charge in [-0.3, -0.25) is 0 Å². The van der Waals surface area contributed by atoms with E-state index in [1.165, 1.54) is 49.2 Å². The van der Waals surface area contributed by atoms with Crippen molar-refractivity contribution >= 4 is 5.69 Å². The van der Waals surface area contributed by atoms with Crippen molar-refractivity contribution < 1.29 is 0 Å². The molecule has 3 nitrogen and oxygen atoms in total. The molecule has 1 aliphatic rings. The van der Waals surface area contributed by atoms with Crippen LogP contribution in [0.5, 0.6) is 0 Å². The lowest BCUT2D eigenvalue weighted by atomic mass is 10.0. The van der Waals surface area contributed by atoms with Gasteiger partial charge in [-0.25, -0.2) is 0 Å². The molecule has 0 aromatic heterocycles. The molecule has 1 N–H and O–H groups in total. The number of anilines is 1. The van der Waals surface area contributed by atoms with Gasteiger partial charge in [-0.2, -0.15) is 0 Å². The molecular weight excluding hydrogens is 258 g/mol. The van der Waals surface area contributed by atoms with E-state index >= 15 is 0 Å². The smallest absolute Gasteiger partial charge is 0.0414 e. The molecule has 0 saturated carbocycles. The first-order chi connectivity index (χ1) is 10.1. The minimum absolute atomic E-state index is 0.645. The van der Waals surface area contributed by atoms with Crippen LogP contribution in [-0.2, 0) is 6.54 Å². The van der Waals surface area contributed by atoms with Gasteiger partial charge in [0.1, 0.15) is 0 Å². The van der Waals surface area contributed by atoms with E-state index in [1.54, 1.807) is 0 Å². The van der Waals surface area contributed by atoms with E-state index in [0.29, 0.717) is 6.04 Å². The maximum absolute atomic E-state index is 3.48. The highest BCUT2D eigenvalue weighted by molar-refractivity contribution is 5.54. The Morgan fingerprint density at radius 3 is 2.86 bits per heavy atom. The van der Waals surface area contributed by atoms with Gasteiger partial charge in [0.2, 0.25) is 0 Å². The van der Waals surface area contributed by atoms with Gasteiger partial charge in [-0.05, 0) is 63.5 Å². The monoisotopic (exact) mass is 289 g/mol. The lowest BCUT2D eigenvalue weighted by Gasteiger charge is -2.37. The molecule has 0 radical (unpaired) electrons. The Labute approximate surface area is 130 Å². The number of nitrogens with one attached hydrogen (secondary N) is 1. The quantitative estimate of drug-likeness (QED) is 0.812. The fourth-order valence-corrected chi connectivity index (χ4v) is 3.28. The normalized spacial score (nSPS) is 19.7. The van der Waals surface area contributed by atoms with Crippen molar-refractivity contribution in [2.24, 2.45) is 0 Å². The van der Waals surface area contributed by atoms with Crippen LogP contribution >= 0.6 is 0 Å². The third-order valence-electron chi connectivity index (χ3n) is 4.54. The number of likely N-dealkylation sites (N-methyl/N-ethyl adjacent to an activating group) is 2. The van der Waals surface area contributed by atoms with Gasteiger partial charge < -0.3 is 15.1 Å². The number of hydrogen-bond acceptors (Lipinski definition) is 3. The molecule has 3 heteroatoms. The molecule has 1 aromatic rings. The highest BCUT2D eigenvalue weighted by atomic mass is 15.2. The average Bonchev–Trinajstić information content (AvgIpc) is 2.47. The summed E-state index contributed by atoms with van der Waals surface area (Å²) in [5.41, 5.74) is 4.16. The lowest BCUT2D eigenvalue weighted by Crippen LogP contribution is -2.45. The number of rotatable bonds is 6. The first-order valence-electron chi connectivity index (χ1n) is 8.33. The molecule has 118 valence electrons. The number of benzene rings is 1. The van der Waals surface area contributed by atoms with E-state index in [4.69, 9.17) is 0 Å². The number of piperidine rings is 1. The van der Waals surface area contributed by atoms with E-state index in [0.717, 1.165) is 13.1 Å². The van der Waals surface area contributed by atoms with Crippen LogP contribution in [0.2, 0.25) is 0 Å². The summed E-state index contributed by atoms with van der Waals surface area (Å²) in [6.45, 7) is 8.93. The van der Waals surface area contributed by atoms with Crippen LogP contribution < -0.4 is 10.2 Å². The van der Waals surface area contributed by atoms with Crippen LogP contribution in [0.25, 0.3) is 0 Å². The molecule has 1 heterocycles. The molecule has 1 saturated heterocycles. The zero-order chi connectivity index (χ0) is 15.2. The molecule has 1 unspecified atom stereocenters. The van der Waals surface area contributed by atoms with Crippen molar-refractivity contribution in [2.45, 2.75) is 45.7 Å². The third-order valence-corrected chi connectivity index (χ3v) is 4.54. The van der Waals surface area contributed by atoms with Crippen molar-refractivity contribution in [3.05, 3.63) is 29.3 Å². The highest BCUT2D eigenvalue weighted by Gasteiger charge is 2.22. The number of likely N-dealkylation sites (tertiary alicyclic amines) is 1. The van der Waals surface area contributed by atoms with E-state index < -0.39 is 0 Å². The van der Waals surface area contributed by atoms with Gasteiger partial charge in [0, 0.05) is 31.9 Å². The summed E-state index contributed by atoms with van der Waals surface area (Å²) >= 11 is 0. The lowest BCUT2D eigenvalue weighted by molar-refractivity contribution is 0.248. The molecule has 1 aliphatic heterocycles. The van der Waals surface area contributed by atoms with E-state index in [2.05, 4.69) is 61.3 Å². The highest BCUT2D eigenvalue weighted by Crippen LogP contribution is 2.25. The predicted molar refractivity (Wildman–Crippen MR) is 92.1 cm³/mol. The van der Waals surface area contributed by atoms with Gasteiger partial charge >= 0.3 is 0 Å². The molecule has 0 aliphatic carbocycles. The van der Waals surface area contributed by atoms with Crippen LogP contribution in [0.3, 0.4) is 0 Å². The SMILES string of the molecule is CCCNCc1ccc(N(C)C2CCCN(C)C2)c(C)c1. The van der Waals surface area contributed by atoms with Gasteiger partial charge in [0.05, 0.1) is 0 Å². The zero-order valence-corrected chi connectivity index (χ0v) is 14.2. The Kier molecular flexibility index (Phi) is 6.07. The number of hydrogen-bond donors (Lipinski definition) is 1. The summed E-state index contributed by atoms with van der Waals surface area (Å²) in [4.78, 5) is 4.93. The van der Waals surface area contributed by atoms with Gasteiger partial charge in [-0.1, -0.05) is 19.1 Å². The first kappa shape index (κ1) is 16.3. The van der Waals surface area contributed by atoms with Gasteiger partial charge in [0.25, 0.3) is 0 Å². The molecule has 2 rings (SSSR count). The van der Waals surface area contributed by atoms with Crippen molar-refractivity contribution in [1.29, 1.82) is 0 Å². The van der Waals surface area contributed by atoms with Crippen LogP contribution in [-0.4, -0.2) is 44.7 Å². The Morgan fingerprint density at radius 2 is 2.19 bits per heavy atom. The second kappa shape index (κ2) is 7.81. The fraction of sp³-hybridized carbons (Fsp3) is 0.667. The summed E-state index contributed by atoms with van der Waals surface area (Å²) in [5.74, 6) is 0. The molecule has 1 fully saturated rings. The third kappa shape index (κ3) is 4.45.